The van der Waals surface area contributed by atoms with Gasteiger partial charge in [-0.05, 0) is 55.2 Å². The highest BCUT2D eigenvalue weighted by Gasteiger charge is 2.22. The molecule has 0 bridgehead atoms. The van der Waals surface area contributed by atoms with Gasteiger partial charge in [0, 0.05) is 69.0 Å². The summed E-state index contributed by atoms with van der Waals surface area (Å²) >= 11 is 0. The third-order valence-corrected chi connectivity index (χ3v) is 7.10. The van der Waals surface area contributed by atoms with Crippen LogP contribution in [-0.2, 0) is 0 Å². The molecule has 1 aromatic heterocycles. The summed E-state index contributed by atoms with van der Waals surface area (Å²) in [6.07, 6.45) is 4.42. The van der Waals surface area contributed by atoms with E-state index < -0.39 is 0 Å². The van der Waals surface area contributed by atoms with Gasteiger partial charge in [0.1, 0.15) is 0 Å². The molecule has 0 saturated carbocycles. The van der Waals surface area contributed by atoms with E-state index in [9.17, 15) is 4.79 Å². The monoisotopic (exact) mass is 468 g/mol. The zero-order chi connectivity index (χ0) is 24.0. The SMILES string of the molecule is N#CCCN1CCN(C(=O)c2ccc(-c3cc(-c4ccc(N5CCCCC5)cc4)n[nH]3)cc2)CC1. The highest BCUT2D eigenvalue weighted by molar-refractivity contribution is 5.94. The number of carbonyl (C=O) groups is 1. The van der Waals surface area contributed by atoms with E-state index in [1.54, 1.807) is 0 Å². The molecule has 5 rings (SSSR count). The number of H-pyrrole nitrogens is 1. The van der Waals surface area contributed by atoms with Crippen LogP contribution in [0.2, 0.25) is 0 Å². The summed E-state index contributed by atoms with van der Waals surface area (Å²) in [4.78, 5) is 19.5. The standard InChI is InChI=1S/C28H32N6O/c29-13-4-14-32-17-19-34(20-18-32)28(35)24-7-5-22(6-8-24)26-21-27(31-30-26)23-9-11-25(12-10-23)33-15-2-1-3-16-33/h5-12,21H,1-4,14-20H2,(H,30,31). The molecule has 2 fully saturated rings. The van der Waals surface area contributed by atoms with Gasteiger partial charge in [0.15, 0.2) is 0 Å². The maximum atomic E-state index is 12.9. The largest absolute Gasteiger partial charge is 0.372 e. The lowest BCUT2D eigenvalue weighted by molar-refractivity contribution is 0.0639. The van der Waals surface area contributed by atoms with Gasteiger partial charge in [0.05, 0.1) is 17.5 Å². The van der Waals surface area contributed by atoms with E-state index in [0.717, 1.165) is 55.2 Å². The van der Waals surface area contributed by atoms with Gasteiger partial charge in [-0.15, -0.1) is 0 Å². The molecule has 3 aromatic rings. The summed E-state index contributed by atoms with van der Waals surface area (Å²) < 4.78 is 0. The van der Waals surface area contributed by atoms with Gasteiger partial charge in [-0.1, -0.05) is 24.3 Å². The first-order valence-electron chi connectivity index (χ1n) is 12.6. The molecule has 2 aliphatic heterocycles. The first kappa shape index (κ1) is 23.1. The fourth-order valence-electron chi connectivity index (χ4n) is 4.97. The molecule has 180 valence electrons. The first-order chi connectivity index (χ1) is 17.2. The van der Waals surface area contributed by atoms with Crippen molar-refractivity contribution in [1.82, 2.24) is 20.0 Å². The van der Waals surface area contributed by atoms with Gasteiger partial charge >= 0.3 is 0 Å². The Morgan fingerprint density at radius 1 is 0.886 bits per heavy atom. The first-order valence-corrected chi connectivity index (χ1v) is 12.6. The van der Waals surface area contributed by atoms with E-state index in [1.165, 1.54) is 24.9 Å². The summed E-state index contributed by atoms with van der Waals surface area (Å²) in [6.45, 7) is 6.11. The smallest absolute Gasteiger partial charge is 0.253 e. The lowest BCUT2D eigenvalue weighted by Crippen LogP contribution is -2.48. The number of piperazine rings is 1. The fraction of sp³-hybridized carbons (Fsp3) is 0.393. The summed E-state index contributed by atoms with van der Waals surface area (Å²) in [5.74, 6) is 0.0654. The number of anilines is 1. The molecular formula is C28H32N6O. The zero-order valence-electron chi connectivity index (χ0n) is 20.1. The number of piperidine rings is 1. The molecule has 0 radical (unpaired) electrons. The molecule has 2 aliphatic rings. The van der Waals surface area contributed by atoms with Gasteiger partial charge in [0.25, 0.3) is 5.91 Å². The summed E-state index contributed by atoms with van der Waals surface area (Å²) in [6, 6.07) is 20.7. The van der Waals surface area contributed by atoms with Gasteiger partial charge in [-0.2, -0.15) is 10.4 Å². The van der Waals surface area contributed by atoms with E-state index in [0.29, 0.717) is 25.1 Å². The molecule has 0 atom stereocenters. The molecular weight excluding hydrogens is 436 g/mol. The zero-order valence-corrected chi connectivity index (χ0v) is 20.1. The number of nitrogens with one attached hydrogen (secondary N) is 1. The molecule has 1 amide bonds. The van der Waals surface area contributed by atoms with Crippen LogP contribution in [0.3, 0.4) is 0 Å². The quantitative estimate of drug-likeness (QED) is 0.580. The second-order valence-corrected chi connectivity index (χ2v) is 9.38. The van der Waals surface area contributed by atoms with Crippen LogP contribution in [-0.4, -0.2) is 71.7 Å². The van der Waals surface area contributed by atoms with E-state index in [1.807, 2.05) is 29.2 Å². The predicted octanol–water partition coefficient (Wildman–Crippen LogP) is 4.41. The Bertz CT molecular complexity index is 1160. The summed E-state index contributed by atoms with van der Waals surface area (Å²) in [7, 11) is 0. The number of nitrogens with zero attached hydrogens (tertiary/aromatic N) is 5. The third kappa shape index (κ3) is 5.39. The highest BCUT2D eigenvalue weighted by atomic mass is 16.2. The molecule has 0 spiro atoms. The lowest BCUT2D eigenvalue weighted by Gasteiger charge is -2.34. The molecule has 7 heteroatoms. The van der Waals surface area contributed by atoms with E-state index in [2.05, 4.69) is 56.4 Å². The molecule has 3 heterocycles. The highest BCUT2D eigenvalue weighted by Crippen LogP contribution is 2.27. The third-order valence-electron chi connectivity index (χ3n) is 7.10. The van der Waals surface area contributed by atoms with Crippen molar-refractivity contribution in [2.45, 2.75) is 25.7 Å². The van der Waals surface area contributed by atoms with Crippen LogP contribution in [0.15, 0.2) is 54.6 Å². The number of carbonyl (C=O) groups excluding carboxylic acids is 1. The minimum Gasteiger partial charge on any atom is -0.372 e. The second kappa shape index (κ2) is 10.7. The Kier molecular flexibility index (Phi) is 7.10. The van der Waals surface area contributed by atoms with Crippen LogP contribution >= 0.6 is 0 Å². The minimum atomic E-state index is 0.0654. The molecule has 0 unspecified atom stereocenters. The molecule has 0 aliphatic carbocycles. The van der Waals surface area contributed by atoms with E-state index in [4.69, 9.17) is 5.26 Å². The number of aromatic amines is 1. The van der Waals surface area contributed by atoms with Crippen molar-refractivity contribution < 1.29 is 4.79 Å². The van der Waals surface area contributed by atoms with Crippen molar-refractivity contribution in [3.05, 3.63) is 60.2 Å². The average molecular weight is 469 g/mol. The maximum absolute atomic E-state index is 12.9. The summed E-state index contributed by atoms with van der Waals surface area (Å²) in [5, 5.41) is 16.4. The molecule has 2 aromatic carbocycles. The number of amides is 1. The molecule has 35 heavy (non-hydrogen) atoms. The van der Waals surface area contributed by atoms with Gasteiger partial charge in [-0.25, -0.2) is 0 Å². The van der Waals surface area contributed by atoms with Crippen LogP contribution in [0, 0.1) is 11.3 Å². The fourth-order valence-corrected chi connectivity index (χ4v) is 4.97. The number of rotatable bonds is 6. The van der Waals surface area contributed by atoms with E-state index in [-0.39, 0.29) is 5.91 Å². The summed E-state index contributed by atoms with van der Waals surface area (Å²) in [5.41, 5.74) is 5.94. The van der Waals surface area contributed by atoms with E-state index >= 15 is 0 Å². The second-order valence-electron chi connectivity index (χ2n) is 9.38. The number of aromatic nitrogens is 2. The van der Waals surface area contributed by atoms with Crippen LogP contribution < -0.4 is 4.90 Å². The number of hydrogen-bond donors (Lipinski definition) is 1. The topological polar surface area (TPSA) is 79.3 Å². The van der Waals surface area contributed by atoms with Crippen molar-refractivity contribution in [1.29, 1.82) is 5.26 Å². The Hall–Kier alpha value is -3.63. The van der Waals surface area contributed by atoms with Crippen molar-refractivity contribution in [2.24, 2.45) is 0 Å². The molecule has 7 nitrogen and oxygen atoms in total. The normalized spacial score (nSPS) is 16.8. The Morgan fingerprint density at radius 3 is 2.26 bits per heavy atom. The van der Waals surface area contributed by atoms with Crippen LogP contribution in [0.1, 0.15) is 36.0 Å². The Morgan fingerprint density at radius 2 is 1.57 bits per heavy atom. The van der Waals surface area contributed by atoms with Gasteiger partial charge < -0.3 is 9.80 Å². The van der Waals surface area contributed by atoms with Crippen LogP contribution in [0.4, 0.5) is 5.69 Å². The number of nitriles is 1. The maximum Gasteiger partial charge on any atom is 0.253 e. The minimum absolute atomic E-state index is 0.0654. The van der Waals surface area contributed by atoms with Crippen molar-refractivity contribution >= 4 is 11.6 Å². The van der Waals surface area contributed by atoms with Crippen LogP contribution in [0.25, 0.3) is 22.5 Å². The van der Waals surface area contributed by atoms with Gasteiger partial charge in [0.2, 0.25) is 0 Å². The van der Waals surface area contributed by atoms with Gasteiger partial charge in [-0.3, -0.25) is 14.8 Å². The van der Waals surface area contributed by atoms with Crippen molar-refractivity contribution in [2.75, 3.05) is 50.7 Å². The van der Waals surface area contributed by atoms with Crippen molar-refractivity contribution in [3.8, 4) is 28.6 Å². The Labute approximate surface area is 207 Å². The lowest BCUT2D eigenvalue weighted by atomic mass is 10.1. The van der Waals surface area contributed by atoms with Crippen molar-refractivity contribution in [3.63, 3.8) is 0 Å². The molecule has 2 saturated heterocycles. The predicted molar refractivity (Wildman–Crippen MR) is 138 cm³/mol. The number of benzene rings is 2. The molecule has 1 N–H and O–H groups in total. The van der Waals surface area contributed by atoms with Crippen LogP contribution in [0.5, 0.6) is 0 Å². The average Bonchev–Trinajstić information content (AvgIpc) is 3.43. The Balaban J connectivity index is 1.21. The number of hydrogen-bond acceptors (Lipinski definition) is 5.